The Kier molecular flexibility index (Phi) is 5.17. The molecular weight excluding hydrogens is 284 g/mol. The summed E-state index contributed by atoms with van der Waals surface area (Å²) in [6.45, 7) is 3.69. The highest BCUT2D eigenvalue weighted by Gasteiger charge is 2.22. The minimum absolute atomic E-state index is 0.0676. The molecule has 1 aromatic rings. The highest BCUT2D eigenvalue weighted by Crippen LogP contribution is 2.22. The van der Waals surface area contributed by atoms with E-state index in [1.54, 1.807) is 13.0 Å². The summed E-state index contributed by atoms with van der Waals surface area (Å²) in [6.07, 6.45) is 3.97. The van der Waals surface area contributed by atoms with Crippen LogP contribution in [-0.2, 0) is 4.79 Å². The molecule has 0 spiro atoms. The maximum absolute atomic E-state index is 12.1. The number of ether oxygens (including phenoxy) is 1. The van der Waals surface area contributed by atoms with Gasteiger partial charge in [-0.1, -0.05) is 37.2 Å². The largest absolute Gasteiger partial charge is 0.481 e. The standard InChI is InChI=1S/C16H22N2O2S/c1-10-7-8-12(15(17)21)9-14(10)20-11(2)16(19)18-13-5-3-4-6-13/h7-9,11,13H,3-6H2,1-2H3,(H2,17,21)(H,18,19). The molecule has 1 aliphatic carbocycles. The van der Waals surface area contributed by atoms with Crippen molar-refractivity contribution < 1.29 is 9.53 Å². The van der Waals surface area contributed by atoms with E-state index in [4.69, 9.17) is 22.7 Å². The summed E-state index contributed by atoms with van der Waals surface area (Å²) in [7, 11) is 0. The minimum Gasteiger partial charge on any atom is -0.481 e. The second kappa shape index (κ2) is 6.89. The van der Waals surface area contributed by atoms with Gasteiger partial charge in [-0.25, -0.2) is 0 Å². The van der Waals surface area contributed by atoms with Gasteiger partial charge in [0.1, 0.15) is 10.7 Å². The van der Waals surface area contributed by atoms with Gasteiger partial charge >= 0.3 is 0 Å². The van der Waals surface area contributed by atoms with Gasteiger partial charge in [-0.2, -0.15) is 0 Å². The van der Waals surface area contributed by atoms with Crippen LogP contribution in [0.5, 0.6) is 5.75 Å². The van der Waals surface area contributed by atoms with E-state index in [9.17, 15) is 4.79 Å². The highest BCUT2D eigenvalue weighted by atomic mass is 32.1. The summed E-state index contributed by atoms with van der Waals surface area (Å²) < 4.78 is 5.78. The van der Waals surface area contributed by atoms with Crippen LogP contribution < -0.4 is 15.8 Å². The monoisotopic (exact) mass is 306 g/mol. The van der Waals surface area contributed by atoms with Crippen LogP contribution in [0.2, 0.25) is 0 Å². The molecule has 1 fully saturated rings. The molecule has 3 N–H and O–H groups in total. The third-order valence-electron chi connectivity index (χ3n) is 3.85. The van der Waals surface area contributed by atoms with Gasteiger partial charge in [-0.15, -0.1) is 0 Å². The summed E-state index contributed by atoms with van der Waals surface area (Å²) in [4.78, 5) is 12.5. The highest BCUT2D eigenvalue weighted by molar-refractivity contribution is 7.80. The van der Waals surface area contributed by atoms with Crippen molar-refractivity contribution in [1.29, 1.82) is 0 Å². The molecule has 0 aliphatic heterocycles. The summed E-state index contributed by atoms with van der Waals surface area (Å²) in [6, 6.07) is 5.84. The summed E-state index contributed by atoms with van der Waals surface area (Å²) in [5, 5.41) is 3.04. The summed E-state index contributed by atoms with van der Waals surface area (Å²) in [5.74, 6) is 0.580. The Labute approximate surface area is 131 Å². The third-order valence-corrected chi connectivity index (χ3v) is 4.08. The van der Waals surface area contributed by atoms with Gasteiger partial charge in [0.05, 0.1) is 0 Å². The van der Waals surface area contributed by atoms with Gasteiger partial charge in [-0.3, -0.25) is 4.79 Å². The van der Waals surface area contributed by atoms with Crippen molar-refractivity contribution in [3.05, 3.63) is 29.3 Å². The number of benzene rings is 1. The minimum atomic E-state index is -0.536. The second-order valence-electron chi connectivity index (χ2n) is 5.59. The van der Waals surface area contributed by atoms with E-state index in [1.807, 2.05) is 19.1 Å². The molecule has 0 heterocycles. The fourth-order valence-electron chi connectivity index (χ4n) is 2.51. The van der Waals surface area contributed by atoms with Crippen LogP contribution in [0.1, 0.15) is 43.7 Å². The van der Waals surface area contributed by atoms with Gasteiger partial charge in [0.2, 0.25) is 0 Å². The van der Waals surface area contributed by atoms with Crippen LogP contribution in [0, 0.1) is 6.92 Å². The molecule has 1 atom stereocenters. The Morgan fingerprint density at radius 3 is 2.71 bits per heavy atom. The van der Waals surface area contributed by atoms with E-state index in [2.05, 4.69) is 5.32 Å². The van der Waals surface area contributed by atoms with E-state index in [0.29, 0.717) is 16.8 Å². The molecule has 0 aromatic heterocycles. The number of hydrogen-bond acceptors (Lipinski definition) is 3. The zero-order valence-electron chi connectivity index (χ0n) is 12.5. The van der Waals surface area contributed by atoms with Crippen molar-refractivity contribution in [2.24, 2.45) is 5.73 Å². The van der Waals surface area contributed by atoms with Crippen molar-refractivity contribution in [1.82, 2.24) is 5.32 Å². The van der Waals surface area contributed by atoms with Crippen molar-refractivity contribution in [3.8, 4) is 5.75 Å². The fourth-order valence-corrected chi connectivity index (χ4v) is 2.64. The molecule has 1 saturated carbocycles. The Morgan fingerprint density at radius 1 is 1.43 bits per heavy atom. The lowest BCUT2D eigenvalue weighted by atomic mass is 10.1. The Bertz CT molecular complexity index is 539. The SMILES string of the molecule is Cc1ccc(C(N)=S)cc1OC(C)C(=O)NC1CCCC1. The van der Waals surface area contributed by atoms with Gasteiger partial charge in [0, 0.05) is 11.6 Å². The number of nitrogens with two attached hydrogens (primary N) is 1. The molecule has 4 nitrogen and oxygen atoms in total. The van der Waals surface area contributed by atoms with E-state index in [0.717, 1.165) is 24.0 Å². The number of carbonyl (C=O) groups is 1. The average molecular weight is 306 g/mol. The Morgan fingerprint density at radius 2 is 2.10 bits per heavy atom. The lowest BCUT2D eigenvalue weighted by Crippen LogP contribution is -2.41. The molecule has 1 aromatic carbocycles. The smallest absolute Gasteiger partial charge is 0.260 e. The molecule has 1 unspecified atom stereocenters. The third kappa shape index (κ3) is 4.17. The van der Waals surface area contributed by atoms with Crippen molar-refractivity contribution >= 4 is 23.1 Å². The average Bonchev–Trinajstić information content (AvgIpc) is 2.93. The van der Waals surface area contributed by atoms with Crippen LogP contribution >= 0.6 is 12.2 Å². The van der Waals surface area contributed by atoms with Crippen molar-refractivity contribution in [2.75, 3.05) is 0 Å². The molecule has 1 amide bonds. The number of thiocarbonyl (C=S) groups is 1. The molecule has 0 radical (unpaired) electrons. The van der Waals surface area contributed by atoms with Crippen LogP contribution in [-0.4, -0.2) is 23.0 Å². The van der Waals surface area contributed by atoms with Crippen LogP contribution in [0.3, 0.4) is 0 Å². The molecule has 114 valence electrons. The molecule has 21 heavy (non-hydrogen) atoms. The number of carbonyl (C=O) groups excluding carboxylic acids is 1. The van der Waals surface area contributed by atoms with Gasteiger partial charge in [-0.05, 0) is 38.3 Å². The van der Waals surface area contributed by atoms with Crippen LogP contribution in [0.25, 0.3) is 0 Å². The normalized spacial score (nSPS) is 16.5. The topological polar surface area (TPSA) is 64.3 Å². The maximum Gasteiger partial charge on any atom is 0.260 e. The lowest BCUT2D eigenvalue weighted by Gasteiger charge is -2.19. The van der Waals surface area contributed by atoms with E-state index < -0.39 is 6.10 Å². The lowest BCUT2D eigenvalue weighted by molar-refractivity contribution is -0.127. The molecular formula is C16H22N2O2S. The van der Waals surface area contributed by atoms with Gasteiger partial charge < -0.3 is 15.8 Å². The van der Waals surface area contributed by atoms with Gasteiger partial charge in [0.15, 0.2) is 6.10 Å². The quantitative estimate of drug-likeness (QED) is 0.820. The van der Waals surface area contributed by atoms with Crippen LogP contribution in [0.4, 0.5) is 0 Å². The first-order chi connectivity index (χ1) is 9.97. The fraction of sp³-hybridized carbons (Fsp3) is 0.500. The number of rotatable bonds is 5. The Hall–Kier alpha value is -1.62. The Balaban J connectivity index is 2.00. The van der Waals surface area contributed by atoms with E-state index in [-0.39, 0.29) is 5.91 Å². The number of nitrogens with one attached hydrogen (secondary N) is 1. The van der Waals surface area contributed by atoms with Crippen LogP contribution in [0.15, 0.2) is 18.2 Å². The van der Waals surface area contributed by atoms with Crippen molar-refractivity contribution in [2.45, 2.75) is 51.7 Å². The van der Waals surface area contributed by atoms with E-state index >= 15 is 0 Å². The zero-order chi connectivity index (χ0) is 15.4. The molecule has 0 saturated heterocycles. The zero-order valence-corrected chi connectivity index (χ0v) is 13.3. The summed E-state index contributed by atoms with van der Waals surface area (Å²) >= 11 is 4.97. The van der Waals surface area contributed by atoms with Gasteiger partial charge in [0.25, 0.3) is 5.91 Å². The molecule has 1 aliphatic rings. The number of amides is 1. The predicted octanol–water partition coefficient (Wildman–Crippen LogP) is 2.46. The first kappa shape index (κ1) is 15.8. The molecule has 5 heteroatoms. The van der Waals surface area contributed by atoms with Crippen molar-refractivity contribution in [3.63, 3.8) is 0 Å². The number of aryl methyl sites for hydroxylation is 1. The first-order valence-electron chi connectivity index (χ1n) is 7.35. The second-order valence-corrected chi connectivity index (χ2v) is 6.03. The molecule has 2 rings (SSSR count). The number of hydrogen-bond donors (Lipinski definition) is 2. The summed E-state index contributed by atoms with van der Waals surface area (Å²) in [5.41, 5.74) is 7.33. The maximum atomic E-state index is 12.1. The van der Waals surface area contributed by atoms with E-state index in [1.165, 1.54) is 12.8 Å². The first-order valence-corrected chi connectivity index (χ1v) is 7.75. The molecule has 0 bridgehead atoms. The predicted molar refractivity (Wildman–Crippen MR) is 87.6 cm³/mol.